The van der Waals surface area contributed by atoms with E-state index in [2.05, 4.69) is 4.74 Å². The second-order valence-corrected chi connectivity index (χ2v) is 4.25. The first-order valence-corrected chi connectivity index (χ1v) is 5.48. The maximum Gasteiger partial charge on any atom is 0.425 e. The van der Waals surface area contributed by atoms with Gasteiger partial charge >= 0.3 is 12.1 Å². The average Bonchev–Trinajstić information content (AvgIpc) is 2.10. The van der Waals surface area contributed by atoms with Crippen molar-refractivity contribution in [1.82, 2.24) is 0 Å². The van der Waals surface area contributed by atoms with Crippen molar-refractivity contribution in [3.05, 3.63) is 0 Å². The molecule has 6 heteroatoms. The summed E-state index contributed by atoms with van der Waals surface area (Å²) in [5.74, 6) is -0.794. The van der Waals surface area contributed by atoms with Crippen molar-refractivity contribution in [2.75, 3.05) is 0 Å². The second-order valence-electron chi connectivity index (χ2n) is 2.75. The smallest absolute Gasteiger partial charge is 0.425 e. The number of alkyl halides is 4. The molecule has 0 fully saturated rings. The minimum Gasteiger partial charge on any atom is -0.452 e. The summed E-state index contributed by atoms with van der Waals surface area (Å²) in [7, 11) is 0. The fourth-order valence-electron chi connectivity index (χ4n) is 0.762. The quantitative estimate of drug-likeness (QED) is 0.451. The molecule has 2 atom stereocenters. The van der Waals surface area contributed by atoms with Crippen LogP contribution in [-0.2, 0) is 9.53 Å². The highest BCUT2D eigenvalue weighted by molar-refractivity contribution is 14.1. The van der Waals surface area contributed by atoms with Gasteiger partial charge in [-0.2, -0.15) is 13.2 Å². The summed E-state index contributed by atoms with van der Waals surface area (Å²) in [6.07, 6.45) is -6.22. The van der Waals surface area contributed by atoms with Crippen LogP contribution in [0.25, 0.3) is 0 Å². The molecular formula is C8H12F3IO2. The number of rotatable bonds is 4. The van der Waals surface area contributed by atoms with Crippen molar-refractivity contribution >= 4 is 28.6 Å². The maximum atomic E-state index is 12.2. The number of carbonyl (C=O) groups excluding carboxylic acids is 1. The molecule has 14 heavy (non-hydrogen) atoms. The van der Waals surface area contributed by atoms with Crippen LogP contribution in [-0.4, -0.2) is 22.2 Å². The highest BCUT2D eigenvalue weighted by Gasteiger charge is 2.41. The molecule has 0 aliphatic heterocycles. The third kappa shape index (κ3) is 4.47. The minimum atomic E-state index is -4.46. The Labute approximate surface area is 94.3 Å². The van der Waals surface area contributed by atoms with Crippen LogP contribution < -0.4 is 0 Å². The summed E-state index contributed by atoms with van der Waals surface area (Å²) in [6, 6.07) is 0. The Morgan fingerprint density at radius 1 is 1.36 bits per heavy atom. The van der Waals surface area contributed by atoms with E-state index >= 15 is 0 Å². The molecule has 0 heterocycles. The lowest BCUT2D eigenvalue weighted by molar-refractivity contribution is -0.221. The number of halogens is 4. The van der Waals surface area contributed by atoms with E-state index in [1.54, 1.807) is 29.5 Å². The molecule has 0 saturated heterocycles. The van der Waals surface area contributed by atoms with Gasteiger partial charge < -0.3 is 4.74 Å². The molecule has 0 spiro atoms. The highest BCUT2D eigenvalue weighted by atomic mass is 127. The second kappa shape index (κ2) is 5.77. The van der Waals surface area contributed by atoms with E-state index in [1.165, 1.54) is 6.92 Å². The first-order valence-electron chi connectivity index (χ1n) is 4.24. The zero-order valence-corrected chi connectivity index (χ0v) is 10.1. The average molecular weight is 324 g/mol. The molecule has 0 rings (SSSR count). The molecule has 0 radical (unpaired) electrons. The number of ether oxygens (including phenoxy) is 1. The van der Waals surface area contributed by atoms with Crippen LogP contribution in [0.1, 0.15) is 26.7 Å². The number of hydrogen-bond acceptors (Lipinski definition) is 2. The fraction of sp³-hybridized carbons (Fsp3) is 0.875. The van der Waals surface area contributed by atoms with Gasteiger partial charge in [0.25, 0.3) is 0 Å². The number of hydrogen-bond donors (Lipinski definition) is 0. The first-order chi connectivity index (χ1) is 6.32. The molecule has 0 amide bonds. The molecule has 0 aromatic heterocycles. The van der Waals surface area contributed by atoms with Gasteiger partial charge in [-0.15, -0.1) is 0 Å². The molecule has 0 N–H and O–H groups in total. The molecule has 0 saturated carbocycles. The van der Waals surface area contributed by atoms with Gasteiger partial charge in [0.2, 0.25) is 0 Å². The normalized spacial score (nSPS) is 16.1. The van der Waals surface area contributed by atoms with Crippen molar-refractivity contribution in [2.45, 2.75) is 42.9 Å². The third-order valence-corrected chi connectivity index (χ3v) is 3.00. The van der Waals surface area contributed by atoms with E-state index in [1.807, 2.05) is 0 Å². The summed E-state index contributed by atoms with van der Waals surface area (Å²) in [5.41, 5.74) is 0. The monoisotopic (exact) mass is 324 g/mol. The molecule has 84 valence electrons. The zero-order valence-electron chi connectivity index (χ0n) is 7.90. The predicted octanol–water partition coefficient (Wildman–Crippen LogP) is 3.08. The van der Waals surface area contributed by atoms with Crippen LogP contribution in [0, 0.1) is 0 Å². The summed E-state index contributed by atoms with van der Waals surface area (Å²) in [4.78, 5) is 11.1. The van der Waals surface area contributed by atoms with Crippen molar-refractivity contribution in [3.63, 3.8) is 0 Å². The zero-order chi connectivity index (χ0) is 11.4. The van der Waals surface area contributed by atoms with Crippen LogP contribution in [0.2, 0.25) is 0 Å². The van der Waals surface area contributed by atoms with E-state index in [0.717, 1.165) is 0 Å². The Bertz CT molecular complexity index is 194. The van der Waals surface area contributed by atoms with Gasteiger partial charge in [0, 0.05) is 0 Å². The van der Waals surface area contributed by atoms with Crippen LogP contribution in [0.15, 0.2) is 0 Å². The van der Waals surface area contributed by atoms with E-state index in [-0.39, 0.29) is 6.42 Å². The van der Waals surface area contributed by atoms with Crippen LogP contribution >= 0.6 is 22.6 Å². The number of carbonyl (C=O) groups is 1. The Kier molecular flexibility index (Phi) is 5.77. The Balaban J connectivity index is 4.26. The molecule has 2 nitrogen and oxygen atoms in total. The van der Waals surface area contributed by atoms with E-state index in [0.29, 0.717) is 6.42 Å². The molecule has 0 aromatic rings. The van der Waals surface area contributed by atoms with Crippen LogP contribution in [0.5, 0.6) is 0 Å². The van der Waals surface area contributed by atoms with Crippen molar-refractivity contribution in [1.29, 1.82) is 0 Å². The number of esters is 1. The van der Waals surface area contributed by atoms with Gasteiger partial charge in [-0.1, -0.05) is 36.4 Å². The van der Waals surface area contributed by atoms with E-state index in [4.69, 9.17) is 0 Å². The lowest BCUT2D eigenvalue weighted by Gasteiger charge is -2.20. The molecular weight excluding hydrogens is 312 g/mol. The van der Waals surface area contributed by atoms with Gasteiger partial charge in [-0.3, -0.25) is 4.79 Å². The predicted molar refractivity (Wildman–Crippen MR) is 54.3 cm³/mol. The summed E-state index contributed by atoms with van der Waals surface area (Å²) in [6.45, 7) is 3.05. The molecule has 2 unspecified atom stereocenters. The summed E-state index contributed by atoms with van der Waals surface area (Å²) < 4.78 is 40.3. The highest BCUT2D eigenvalue weighted by Crippen LogP contribution is 2.26. The Morgan fingerprint density at radius 2 is 1.86 bits per heavy atom. The standard InChI is InChI=1S/C8H12F3IO2/c1-3-5(12)7(13)14-6(4-2)8(9,10)11/h5-6H,3-4H2,1-2H3. The Morgan fingerprint density at radius 3 is 2.14 bits per heavy atom. The Hall–Kier alpha value is -0.0100. The largest absolute Gasteiger partial charge is 0.452 e. The SMILES string of the molecule is CCC(I)C(=O)OC(CC)C(F)(F)F. The van der Waals surface area contributed by atoms with Gasteiger partial charge in [0.15, 0.2) is 6.10 Å². The first kappa shape index (κ1) is 14.0. The molecule has 0 aliphatic carbocycles. The van der Waals surface area contributed by atoms with Gasteiger partial charge in [-0.05, 0) is 12.8 Å². The summed E-state index contributed by atoms with van der Waals surface area (Å²) in [5, 5.41) is 0. The van der Waals surface area contributed by atoms with Gasteiger partial charge in [-0.25, -0.2) is 0 Å². The van der Waals surface area contributed by atoms with Crippen molar-refractivity contribution in [2.24, 2.45) is 0 Å². The van der Waals surface area contributed by atoms with E-state index in [9.17, 15) is 18.0 Å². The minimum absolute atomic E-state index is 0.248. The van der Waals surface area contributed by atoms with E-state index < -0.39 is 22.2 Å². The lowest BCUT2D eigenvalue weighted by Crippen LogP contribution is -2.35. The topological polar surface area (TPSA) is 26.3 Å². The van der Waals surface area contributed by atoms with Crippen molar-refractivity contribution < 1.29 is 22.7 Å². The molecule has 0 aromatic carbocycles. The maximum absolute atomic E-state index is 12.2. The van der Waals surface area contributed by atoms with Gasteiger partial charge in [0.05, 0.1) is 0 Å². The fourth-order valence-corrected chi connectivity index (χ4v) is 0.909. The van der Waals surface area contributed by atoms with Crippen LogP contribution in [0.3, 0.4) is 0 Å². The molecule has 0 bridgehead atoms. The summed E-state index contributed by atoms with van der Waals surface area (Å²) >= 11 is 1.77. The van der Waals surface area contributed by atoms with Gasteiger partial charge in [0.1, 0.15) is 3.92 Å². The van der Waals surface area contributed by atoms with Crippen molar-refractivity contribution in [3.8, 4) is 0 Å². The third-order valence-electron chi connectivity index (χ3n) is 1.61. The van der Waals surface area contributed by atoms with Crippen LogP contribution in [0.4, 0.5) is 13.2 Å². The lowest BCUT2D eigenvalue weighted by atomic mass is 10.2. The molecule has 0 aliphatic rings.